The van der Waals surface area contributed by atoms with Gasteiger partial charge in [0.2, 0.25) is 5.91 Å². The van der Waals surface area contributed by atoms with Crippen molar-refractivity contribution in [3.63, 3.8) is 0 Å². The van der Waals surface area contributed by atoms with Gasteiger partial charge in [0.25, 0.3) is 5.91 Å². The van der Waals surface area contributed by atoms with Crippen molar-refractivity contribution in [3.05, 3.63) is 120 Å². The predicted octanol–water partition coefficient (Wildman–Crippen LogP) is 6.93. The van der Waals surface area contributed by atoms with E-state index in [1.54, 1.807) is 0 Å². The van der Waals surface area contributed by atoms with Gasteiger partial charge in [0.15, 0.2) is 0 Å². The smallest absolute Gasteiger partial charge is 0.251 e. The number of carbonyl (C=O) groups excluding carboxylic acids is 2. The van der Waals surface area contributed by atoms with Gasteiger partial charge in [-0.25, -0.2) is 0 Å². The van der Waals surface area contributed by atoms with Gasteiger partial charge >= 0.3 is 0 Å². The fourth-order valence-corrected chi connectivity index (χ4v) is 6.99. The van der Waals surface area contributed by atoms with Gasteiger partial charge in [0.05, 0.1) is 6.04 Å². The lowest BCUT2D eigenvalue weighted by Gasteiger charge is -2.31. The van der Waals surface area contributed by atoms with E-state index in [0.717, 1.165) is 23.6 Å². The first-order valence-corrected chi connectivity index (χ1v) is 16.1. The number of fused-ring (bicyclic) bond motifs is 1. The van der Waals surface area contributed by atoms with E-state index in [-0.39, 0.29) is 29.8 Å². The second kappa shape index (κ2) is 14.0. The number of nitrogens with zero attached hydrogens (tertiary/aromatic N) is 1. The standard InChI is InChI=1S/C38H43N3O2/c42-37(33-21-20-29-14-10-11-19-32(29)25-33)39-26-34-22-23-41(38(43)36(40-34)24-28-12-4-1-5-13-28)27-35(30-15-6-2-7-16-30)31-17-8-3-9-18-31/h2-3,6-11,14-21,25,28,34-36,40H,1,4-5,12-13,22-24,26-27H2,(H,39,42)/t34-,36-/m0/s1. The summed E-state index contributed by atoms with van der Waals surface area (Å²) in [6, 6.07) is 34.8. The van der Waals surface area contributed by atoms with Crippen LogP contribution in [0.4, 0.5) is 0 Å². The van der Waals surface area contributed by atoms with E-state index in [2.05, 4.69) is 70.1 Å². The zero-order chi connectivity index (χ0) is 29.4. The first-order chi connectivity index (χ1) is 21.1. The lowest BCUT2D eigenvalue weighted by Crippen LogP contribution is -2.50. The van der Waals surface area contributed by atoms with Crippen molar-refractivity contribution in [1.82, 2.24) is 15.5 Å². The highest BCUT2D eigenvalue weighted by atomic mass is 16.2. The average molecular weight is 574 g/mol. The molecule has 0 aromatic heterocycles. The van der Waals surface area contributed by atoms with Crippen LogP contribution in [0.5, 0.6) is 0 Å². The first-order valence-electron chi connectivity index (χ1n) is 16.1. The SMILES string of the molecule is O=C(NC[C@@H]1CCN(CC(c2ccccc2)c2ccccc2)C(=O)[C@H](CC2CCCCC2)N1)c1ccc2ccccc2c1. The fourth-order valence-electron chi connectivity index (χ4n) is 6.99. The van der Waals surface area contributed by atoms with Gasteiger partial charge in [0.1, 0.15) is 0 Å². The Morgan fingerprint density at radius 2 is 1.44 bits per heavy atom. The van der Waals surface area contributed by atoms with Gasteiger partial charge in [-0.3, -0.25) is 9.59 Å². The minimum atomic E-state index is -0.236. The molecular formula is C38H43N3O2. The maximum absolute atomic E-state index is 14.2. The highest BCUT2D eigenvalue weighted by Crippen LogP contribution is 2.30. The van der Waals surface area contributed by atoms with Gasteiger partial charge in [0, 0.05) is 37.2 Å². The molecule has 1 saturated carbocycles. The van der Waals surface area contributed by atoms with Gasteiger partial charge in [-0.15, -0.1) is 0 Å². The van der Waals surface area contributed by atoms with Gasteiger partial charge in [-0.2, -0.15) is 0 Å². The summed E-state index contributed by atoms with van der Waals surface area (Å²) in [6.07, 6.45) is 7.87. The molecule has 0 radical (unpaired) electrons. The molecule has 0 unspecified atom stereocenters. The maximum atomic E-state index is 14.2. The van der Waals surface area contributed by atoms with Crippen molar-refractivity contribution in [2.24, 2.45) is 5.92 Å². The summed E-state index contributed by atoms with van der Waals surface area (Å²) in [4.78, 5) is 29.5. The summed E-state index contributed by atoms with van der Waals surface area (Å²) < 4.78 is 0. The number of amides is 2. The Morgan fingerprint density at radius 1 is 0.791 bits per heavy atom. The van der Waals surface area contributed by atoms with Crippen LogP contribution in [0.1, 0.15) is 72.3 Å². The number of benzene rings is 4. The molecule has 6 rings (SSSR count). The summed E-state index contributed by atoms with van der Waals surface area (Å²) in [5.41, 5.74) is 3.11. The lowest BCUT2D eigenvalue weighted by molar-refractivity contribution is -0.133. The minimum Gasteiger partial charge on any atom is -0.350 e. The number of rotatable bonds is 9. The number of hydrogen-bond donors (Lipinski definition) is 2. The van der Waals surface area contributed by atoms with Gasteiger partial charge < -0.3 is 15.5 Å². The first kappa shape index (κ1) is 29.1. The predicted molar refractivity (Wildman–Crippen MR) is 174 cm³/mol. The molecule has 4 aromatic carbocycles. The fraction of sp³-hybridized carbons (Fsp3) is 0.368. The van der Waals surface area contributed by atoms with E-state index < -0.39 is 0 Å². The molecule has 1 aliphatic carbocycles. The number of nitrogens with one attached hydrogen (secondary N) is 2. The van der Waals surface area contributed by atoms with Crippen LogP contribution in [-0.2, 0) is 4.79 Å². The Bertz CT molecular complexity index is 1460. The monoisotopic (exact) mass is 573 g/mol. The third kappa shape index (κ3) is 7.34. The third-order valence-corrected chi connectivity index (χ3v) is 9.42. The van der Waals surface area contributed by atoms with Crippen LogP contribution in [0.2, 0.25) is 0 Å². The molecule has 0 bridgehead atoms. The quantitative estimate of drug-likeness (QED) is 0.228. The van der Waals surface area contributed by atoms with E-state index in [9.17, 15) is 9.59 Å². The van der Waals surface area contributed by atoms with Crippen LogP contribution in [0, 0.1) is 5.92 Å². The van der Waals surface area contributed by atoms with Gasteiger partial charge in [-0.1, -0.05) is 123 Å². The highest BCUT2D eigenvalue weighted by molar-refractivity contribution is 5.98. The normalized spacial score (nSPS) is 19.8. The van der Waals surface area contributed by atoms with E-state index in [0.29, 0.717) is 31.1 Å². The van der Waals surface area contributed by atoms with Crippen LogP contribution in [0.25, 0.3) is 10.8 Å². The van der Waals surface area contributed by atoms with Crippen LogP contribution < -0.4 is 10.6 Å². The summed E-state index contributed by atoms with van der Waals surface area (Å²) in [5.74, 6) is 0.802. The van der Waals surface area contributed by atoms with E-state index >= 15 is 0 Å². The molecule has 2 amide bonds. The van der Waals surface area contributed by atoms with E-state index in [4.69, 9.17) is 0 Å². The van der Waals surface area contributed by atoms with Crippen LogP contribution in [0.3, 0.4) is 0 Å². The van der Waals surface area contributed by atoms with Crippen molar-refractivity contribution in [3.8, 4) is 0 Å². The Morgan fingerprint density at radius 3 is 2.14 bits per heavy atom. The maximum Gasteiger partial charge on any atom is 0.251 e. The Kier molecular flexibility index (Phi) is 9.49. The molecule has 1 saturated heterocycles. The van der Waals surface area contributed by atoms with E-state index in [1.165, 1.54) is 43.2 Å². The second-order valence-electron chi connectivity index (χ2n) is 12.4. The van der Waals surface area contributed by atoms with Crippen LogP contribution in [0.15, 0.2) is 103 Å². The molecule has 5 nitrogen and oxygen atoms in total. The summed E-state index contributed by atoms with van der Waals surface area (Å²) in [6.45, 7) is 1.81. The number of hydrogen-bond acceptors (Lipinski definition) is 3. The Hall–Kier alpha value is -3.96. The van der Waals surface area contributed by atoms with Crippen molar-refractivity contribution in [1.29, 1.82) is 0 Å². The van der Waals surface area contributed by atoms with Crippen LogP contribution in [-0.4, -0.2) is 48.4 Å². The number of carbonyl (C=O) groups is 2. The summed E-state index contributed by atoms with van der Waals surface area (Å²) in [7, 11) is 0. The molecule has 1 heterocycles. The molecule has 43 heavy (non-hydrogen) atoms. The molecule has 1 aliphatic heterocycles. The van der Waals surface area contributed by atoms with Gasteiger partial charge in [-0.05, 0) is 52.8 Å². The molecule has 2 aliphatic rings. The second-order valence-corrected chi connectivity index (χ2v) is 12.4. The van der Waals surface area contributed by atoms with Crippen molar-refractivity contribution in [2.45, 2.75) is 62.9 Å². The molecule has 4 aromatic rings. The molecule has 0 spiro atoms. The summed E-state index contributed by atoms with van der Waals surface area (Å²) in [5, 5.41) is 9.08. The Balaban J connectivity index is 1.19. The molecule has 2 atom stereocenters. The Labute approximate surface area is 255 Å². The van der Waals surface area contributed by atoms with E-state index in [1.807, 2.05) is 48.5 Å². The largest absolute Gasteiger partial charge is 0.350 e. The minimum absolute atomic E-state index is 0.0267. The lowest BCUT2D eigenvalue weighted by atomic mass is 9.84. The topological polar surface area (TPSA) is 61.4 Å². The average Bonchev–Trinajstić information content (AvgIpc) is 3.21. The zero-order valence-corrected chi connectivity index (χ0v) is 25.0. The van der Waals surface area contributed by atoms with Crippen molar-refractivity contribution >= 4 is 22.6 Å². The summed E-state index contributed by atoms with van der Waals surface area (Å²) >= 11 is 0. The van der Waals surface area contributed by atoms with Crippen molar-refractivity contribution < 1.29 is 9.59 Å². The highest BCUT2D eigenvalue weighted by Gasteiger charge is 2.34. The third-order valence-electron chi connectivity index (χ3n) is 9.42. The zero-order valence-electron chi connectivity index (χ0n) is 25.0. The molecule has 2 fully saturated rings. The molecule has 222 valence electrons. The van der Waals surface area contributed by atoms with Crippen LogP contribution >= 0.6 is 0 Å². The molecular weight excluding hydrogens is 530 g/mol. The molecule has 2 N–H and O–H groups in total. The van der Waals surface area contributed by atoms with Crippen molar-refractivity contribution in [2.75, 3.05) is 19.6 Å². The molecule has 5 heteroatoms.